The first-order valence-electron chi connectivity index (χ1n) is 4.22. The van der Waals surface area contributed by atoms with Crippen molar-refractivity contribution in [3.05, 3.63) is 48.3 Å². The molecule has 0 saturated heterocycles. The highest BCUT2D eigenvalue weighted by Gasteiger charge is 2.09. The van der Waals surface area contributed by atoms with Gasteiger partial charge in [-0.3, -0.25) is 4.79 Å². The SMILES string of the molecule is C=CCSCC(=O)c1ccccc1F. The van der Waals surface area contributed by atoms with Crippen molar-refractivity contribution in [2.24, 2.45) is 0 Å². The topological polar surface area (TPSA) is 17.1 Å². The second-order valence-corrected chi connectivity index (χ2v) is 3.74. The van der Waals surface area contributed by atoms with Crippen LogP contribution in [0.15, 0.2) is 36.9 Å². The molecule has 0 aromatic heterocycles. The molecule has 1 aromatic rings. The van der Waals surface area contributed by atoms with E-state index >= 15 is 0 Å². The van der Waals surface area contributed by atoms with E-state index in [4.69, 9.17) is 0 Å². The molecule has 14 heavy (non-hydrogen) atoms. The normalized spacial score (nSPS) is 9.79. The van der Waals surface area contributed by atoms with Crippen LogP contribution in [0.25, 0.3) is 0 Å². The predicted molar refractivity (Wildman–Crippen MR) is 58.3 cm³/mol. The first kappa shape index (κ1) is 11.0. The summed E-state index contributed by atoms with van der Waals surface area (Å²) in [6.07, 6.45) is 1.72. The lowest BCUT2D eigenvalue weighted by Crippen LogP contribution is -2.05. The molecule has 0 aliphatic heterocycles. The summed E-state index contributed by atoms with van der Waals surface area (Å²) in [7, 11) is 0. The zero-order valence-corrected chi connectivity index (χ0v) is 8.52. The summed E-state index contributed by atoms with van der Waals surface area (Å²) in [6, 6.07) is 6.04. The fourth-order valence-electron chi connectivity index (χ4n) is 1.00. The Morgan fingerprint density at radius 2 is 2.21 bits per heavy atom. The molecule has 0 fully saturated rings. The number of carbonyl (C=O) groups excluding carboxylic acids is 1. The van der Waals surface area contributed by atoms with Gasteiger partial charge in [0, 0.05) is 5.75 Å². The third-order valence-electron chi connectivity index (χ3n) is 1.64. The van der Waals surface area contributed by atoms with Crippen LogP contribution >= 0.6 is 11.8 Å². The Hall–Kier alpha value is -1.09. The Labute approximate surface area is 87.0 Å². The van der Waals surface area contributed by atoms with Crippen LogP contribution in [0.3, 0.4) is 0 Å². The van der Waals surface area contributed by atoms with Gasteiger partial charge in [-0.25, -0.2) is 4.39 Å². The number of carbonyl (C=O) groups is 1. The average molecular weight is 210 g/mol. The van der Waals surface area contributed by atoms with Gasteiger partial charge in [-0.05, 0) is 12.1 Å². The van der Waals surface area contributed by atoms with Crippen LogP contribution < -0.4 is 0 Å². The van der Waals surface area contributed by atoms with Crippen LogP contribution in [0, 0.1) is 5.82 Å². The van der Waals surface area contributed by atoms with Crippen molar-refractivity contribution in [3.8, 4) is 0 Å². The van der Waals surface area contributed by atoms with Crippen LogP contribution in [-0.2, 0) is 0 Å². The molecular formula is C11H11FOS. The highest BCUT2D eigenvalue weighted by molar-refractivity contribution is 8.00. The largest absolute Gasteiger partial charge is 0.293 e. The maximum absolute atomic E-state index is 13.1. The van der Waals surface area contributed by atoms with Crippen molar-refractivity contribution < 1.29 is 9.18 Å². The number of hydrogen-bond acceptors (Lipinski definition) is 2. The van der Waals surface area contributed by atoms with Crippen LogP contribution in [0.2, 0.25) is 0 Å². The Morgan fingerprint density at radius 1 is 1.50 bits per heavy atom. The summed E-state index contributed by atoms with van der Waals surface area (Å²) in [5.74, 6) is 0.388. The molecule has 1 nitrogen and oxygen atoms in total. The lowest BCUT2D eigenvalue weighted by atomic mass is 10.1. The van der Waals surface area contributed by atoms with E-state index in [1.165, 1.54) is 23.9 Å². The number of rotatable bonds is 5. The number of thioether (sulfide) groups is 1. The van der Waals surface area contributed by atoms with E-state index in [1.54, 1.807) is 18.2 Å². The van der Waals surface area contributed by atoms with Gasteiger partial charge in [0.1, 0.15) is 5.82 Å². The minimum Gasteiger partial charge on any atom is -0.293 e. The van der Waals surface area contributed by atoms with Gasteiger partial charge < -0.3 is 0 Å². The van der Waals surface area contributed by atoms with Crippen LogP contribution in [0.5, 0.6) is 0 Å². The third-order valence-corrected chi connectivity index (χ3v) is 2.58. The Kier molecular flexibility index (Phi) is 4.40. The van der Waals surface area contributed by atoms with Crippen LogP contribution in [0.4, 0.5) is 4.39 Å². The summed E-state index contributed by atoms with van der Waals surface area (Å²) in [5, 5.41) is 0. The second kappa shape index (κ2) is 5.60. The van der Waals surface area contributed by atoms with E-state index in [0.717, 1.165) is 0 Å². The smallest absolute Gasteiger partial charge is 0.175 e. The highest BCUT2D eigenvalue weighted by Crippen LogP contribution is 2.11. The maximum Gasteiger partial charge on any atom is 0.175 e. The van der Waals surface area contributed by atoms with E-state index in [9.17, 15) is 9.18 Å². The third kappa shape index (κ3) is 3.00. The van der Waals surface area contributed by atoms with Crippen LogP contribution in [-0.4, -0.2) is 17.3 Å². The van der Waals surface area contributed by atoms with E-state index in [2.05, 4.69) is 6.58 Å². The molecule has 74 valence electrons. The van der Waals surface area contributed by atoms with E-state index in [1.807, 2.05) is 0 Å². The van der Waals surface area contributed by atoms with Crippen LogP contribution in [0.1, 0.15) is 10.4 Å². The zero-order chi connectivity index (χ0) is 10.4. The molecule has 0 saturated carbocycles. The lowest BCUT2D eigenvalue weighted by molar-refractivity contribution is 0.101. The summed E-state index contributed by atoms with van der Waals surface area (Å²) < 4.78 is 13.1. The molecule has 0 heterocycles. The predicted octanol–water partition coefficient (Wildman–Crippen LogP) is 2.93. The number of benzene rings is 1. The van der Waals surface area contributed by atoms with Crippen molar-refractivity contribution in [2.75, 3.05) is 11.5 Å². The zero-order valence-electron chi connectivity index (χ0n) is 7.70. The van der Waals surface area contributed by atoms with Gasteiger partial charge in [-0.1, -0.05) is 18.2 Å². The molecule has 0 aliphatic rings. The minimum atomic E-state index is -0.447. The lowest BCUT2D eigenvalue weighted by Gasteiger charge is -2.00. The van der Waals surface area contributed by atoms with Gasteiger partial charge in [0.25, 0.3) is 0 Å². The molecular weight excluding hydrogens is 199 g/mol. The van der Waals surface area contributed by atoms with Gasteiger partial charge in [0.05, 0.1) is 11.3 Å². The summed E-state index contributed by atoms with van der Waals surface area (Å²) in [5.41, 5.74) is 0.170. The molecule has 0 bridgehead atoms. The fourth-order valence-corrected chi connectivity index (χ4v) is 1.63. The standard InChI is InChI=1S/C11H11FOS/c1-2-7-14-8-11(13)9-5-3-4-6-10(9)12/h2-6H,1,7-8H2. The van der Waals surface area contributed by atoms with Crippen molar-refractivity contribution in [3.63, 3.8) is 0 Å². The highest BCUT2D eigenvalue weighted by atomic mass is 32.2. The number of hydrogen-bond donors (Lipinski definition) is 0. The molecule has 0 unspecified atom stereocenters. The number of halogens is 1. The second-order valence-electron chi connectivity index (χ2n) is 2.71. The molecule has 1 aromatic carbocycles. The van der Waals surface area contributed by atoms with E-state index in [0.29, 0.717) is 11.5 Å². The molecule has 0 radical (unpaired) electrons. The molecule has 0 atom stereocenters. The van der Waals surface area contributed by atoms with Gasteiger partial charge in [-0.15, -0.1) is 18.3 Å². The van der Waals surface area contributed by atoms with Crippen molar-refractivity contribution in [1.82, 2.24) is 0 Å². The molecule has 3 heteroatoms. The molecule has 0 spiro atoms. The van der Waals surface area contributed by atoms with Crippen molar-refractivity contribution in [1.29, 1.82) is 0 Å². The van der Waals surface area contributed by atoms with Gasteiger partial charge in [0.15, 0.2) is 5.78 Å². The van der Waals surface area contributed by atoms with Gasteiger partial charge in [0.2, 0.25) is 0 Å². The summed E-state index contributed by atoms with van der Waals surface area (Å²) in [4.78, 5) is 11.4. The monoisotopic (exact) mass is 210 g/mol. The fraction of sp³-hybridized carbons (Fsp3) is 0.182. The number of Topliss-reactive ketones (excluding diaryl/α,β-unsaturated/α-hetero) is 1. The number of ketones is 1. The van der Waals surface area contributed by atoms with E-state index in [-0.39, 0.29) is 11.3 Å². The van der Waals surface area contributed by atoms with Gasteiger partial charge in [-0.2, -0.15) is 0 Å². The van der Waals surface area contributed by atoms with Crippen molar-refractivity contribution in [2.45, 2.75) is 0 Å². The molecule has 0 aliphatic carbocycles. The quantitative estimate of drug-likeness (QED) is 0.422. The molecule has 0 N–H and O–H groups in total. The van der Waals surface area contributed by atoms with E-state index < -0.39 is 5.82 Å². The summed E-state index contributed by atoms with van der Waals surface area (Å²) >= 11 is 1.43. The van der Waals surface area contributed by atoms with Crippen molar-refractivity contribution >= 4 is 17.5 Å². The molecule has 0 amide bonds. The Balaban J connectivity index is 2.60. The maximum atomic E-state index is 13.1. The summed E-state index contributed by atoms with van der Waals surface area (Å²) in [6.45, 7) is 3.54. The first-order valence-corrected chi connectivity index (χ1v) is 5.37. The average Bonchev–Trinajstić information content (AvgIpc) is 2.18. The Morgan fingerprint density at radius 3 is 2.86 bits per heavy atom. The molecule has 1 rings (SSSR count). The Bertz CT molecular complexity index is 336. The first-order chi connectivity index (χ1) is 6.75. The minimum absolute atomic E-state index is 0.170. The van der Waals surface area contributed by atoms with Gasteiger partial charge >= 0.3 is 0 Å².